The first-order valence-electron chi connectivity index (χ1n) is 4.31. The van der Waals surface area contributed by atoms with E-state index in [4.69, 9.17) is 0 Å². The normalized spacial score (nSPS) is 13.4. The van der Waals surface area contributed by atoms with E-state index in [-0.39, 0.29) is 4.90 Å². The third-order valence-electron chi connectivity index (χ3n) is 1.81. The predicted molar refractivity (Wildman–Crippen MR) is 58.9 cm³/mol. The van der Waals surface area contributed by atoms with E-state index in [0.29, 0.717) is 0 Å². The standard InChI is InChI=1S/C9H10BrNO4S/c1-6(9(12)13)11-16(14,15)8-4-2-7(10)3-5-8/h2-6,11H,1H3,(H,12,13)/p-1/t6-/m0/s1. The monoisotopic (exact) mass is 306 g/mol. The van der Waals surface area contributed by atoms with Gasteiger partial charge in [-0.25, -0.2) is 13.1 Å². The van der Waals surface area contributed by atoms with Gasteiger partial charge in [-0.05, 0) is 31.2 Å². The van der Waals surface area contributed by atoms with Crippen LogP contribution in [0.5, 0.6) is 0 Å². The molecule has 16 heavy (non-hydrogen) atoms. The van der Waals surface area contributed by atoms with Gasteiger partial charge in [-0.1, -0.05) is 15.9 Å². The minimum atomic E-state index is -3.81. The van der Waals surface area contributed by atoms with Crippen LogP contribution in [-0.2, 0) is 14.8 Å². The highest BCUT2D eigenvalue weighted by atomic mass is 79.9. The first-order chi connectivity index (χ1) is 7.33. The summed E-state index contributed by atoms with van der Waals surface area (Å²) in [5, 5.41) is 10.4. The Morgan fingerprint density at radius 3 is 2.31 bits per heavy atom. The summed E-state index contributed by atoms with van der Waals surface area (Å²) < 4.78 is 26.0. The molecule has 88 valence electrons. The van der Waals surface area contributed by atoms with E-state index in [9.17, 15) is 18.3 Å². The summed E-state index contributed by atoms with van der Waals surface area (Å²) in [6, 6.07) is 4.58. The lowest BCUT2D eigenvalue weighted by Crippen LogP contribution is -2.45. The minimum Gasteiger partial charge on any atom is -0.548 e. The van der Waals surface area contributed by atoms with Crippen LogP contribution >= 0.6 is 15.9 Å². The molecule has 1 aromatic carbocycles. The van der Waals surface area contributed by atoms with Gasteiger partial charge in [0.05, 0.1) is 16.9 Å². The Morgan fingerprint density at radius 2 is 1.88 bits per heavy atom. The Labute approximate surface area is 102 Å². The van der Waals surface area contributed by atoms with Gasteiger partial charge in [-0.3, -0.25) is 0 Å². The Bertz CT molecular complexity index is 483. The van der Waals surface area contributed by atoms with E-state index in [1.165, 1.54) is 19.1 Å². The highest BCUT2D eigenvalue weighted by Crippen LogP contribution is 2.14. The van der Waals surface area contributed by atoms with Crippen LogP contribution in [0.1, 0.15) is 6.92 Å². The number of hydrogen-bond acceptors (Lipinski definition) is 4. The number of carbonyl (C=O) groups is 1. The van der Waals surface area contributed by atoms with E-state index in [1.54, 1.807) is 12.1 Å². The molecule has 7 heteroatoms. The minimum absolute atomic E-state index is 0.00352. The molecule has 0 unspecified atom stereocenters. The van der Waals surface area contributed by atoms with Gasteiger partial charge in [-0.2, -0.15) is 0 Å². The first kappa shape index (κ1) is 13.1. The van der Waals surface area contributed by atoms with Gasteiger partial charge in [0.15, 0.2) is 0 Å². The fourth-order valence-corrected chi connectivity index (χ4v) is 2.42. The summed E-state index contributed by atoms with van der Waals surface area (Å²) in [6.07, 6.45) is 0. The van der Waals surface area contributed by atoms with Gasteiger partial charge in [-0.15, -0.1) is 0 Å². The molecule has 0 aliphatic rings. The molecule has 0 radical (unpaired) electrons. The number of sulfonamides is 1. The van der Waals surface area contributed by atoms with E-state index in [2.05, 4.69) is 15.9 Å². The molecule has 1 rings (SSSR count). The molecule has 0 aromatic heterocycles. The highest BCUT2D eigenvalue weighted by molar-refractivity contribution is 9.10. The van der Waals surface area contributed by atoms with Crippen LogP contribution in [0.25, 0.3) is 0 Å². The summed E-state index contributed by atoms with van der Waals surface area (Å²) in [5.41, 5.74) is 0. The smallest absolute Gasteiger partial charge is 0.241 e. The lowest BCUT2D eigenvalue weighted by Gasteiger charge is -2.14. The van der Waals surface area contributed by atoms with Crippen LogP contribution in [0.15, 0.2) is 33.6 Å². The van der Waals surface area contributed by atoms with Gasteiger partial charge in [0.1, 0.15) is 0 Å². The molecule has 0 saturated carbocycles. The fraction of sp³-hybridized carbons (Fsp3) is 0.222. The van der Waals surface area contributed by atoms with E-state index in [1.807, 2.05) is 4.72 Å². The lowest BCUT2D eigenvalue weighted by molar-refractivity contribution is -0.307. The third-order valence-corrected chi connectivity index (χ3v) is 3.89. The second-order valence-electron chi connectivity index (χ2n) is 3.12. The maximum atomic E-state index is 11.6. The lowest BCUT2D eigenvalue weighted by atomic mass is 10.4. The van der Waals surface area contributed by atoms with Crippen molar-refractivity contribution in [2.24, 2.45) is 0 Å². The van der Waals surface area contributed by atoms with Crippen LogP contribution in [0.4, 0.5) is 0 Å². The predicted octanol–water partition coefficient (Wildman–Crippen LogP) is -0.134. The Balaban J connectivity index is 2.94. The Hall–Kier alpha value is -0.920. The molecule has 1 aromatic rings. The molecule has 0 spiro atoms. The van der Waals surface area contributed by atoms with E-state index in [0.717, 1.165) is 4.47 Å². The number of carbonyl (C=O) groups excluding carboxylic acids is 1. The largest absolute Gasteiger partial charge is 0.548 e. The number of hydrogen-bond donors (Lipinski definition) is 1. The molecule has 1 N–H and O–H groups in total. The summed E-state index contributed by atoms with van der Waals surface area (Å²) in [6.45, 7) is 1.20. The topological polar surface area (TPSA) is 86.3 Å². The summed E-state index contributed by atoms with van der Waals surface area (Å²) in [4.78, 5) is 10.4. The number of halogens is 1. The van der Waals surface area contributed by atoms with Crippen molar-refractivity contribution in [1.29, 1.82) is 0 Å². The summed E-state index contributed by atoms with van der Waals surface area (Å²) >= 11 is 3.17. The number of benzene rings is 1. The quantitative estimate of drug-likeness (QED) is 0.839. The number of nitrogens with one attached hydrogen (secondary N) is 1. The average Bonchev–Trinajstić information content (AvgIpc) is 2.17. The molecule has 5 nitrogen and oxygen atoms in total. The average molecular weight is 307 g/mol. The zero-order valence-corrected chi connectivity index (χ0v) is 10.7. The zero-order valence-electron chi connectivity index (χ0n) is 8.31. The molecule has 0 bridgehead atoms. The van der Waals surface area contributed by atoms with Crippen LogP contribution in [-0.4, -0.2) is 20.4 Å². The number of aliphatic carboxylic acids is 1. The van der Waals surface area contributed by atoms with Crippen molar-refractivity contribution >= 4 is 31.9 Å². The molecule has 0 amide bonds. The molecule has 0 aliphatic carbocycles. The van der Waals surface area contributed by atoms with Crippen LogP contribution in [0.3, 0.4) is 0 Å². The fourth-order valence-electron chi connectivity index (χ4n) is 0.963. The second-order valence-corrected chi connectivity index (χ2v) is 5.75. The zero-order chi connectivity index (χ0) is 12.3. The van der Waals surface area contributed by atoms with Crippen LogP contribution in [0, 0.1) is 0 Å². The van der Waals surface area contributed by atoms with Crippen LogP contribution in [0.2, 0.25) is 0 Å². The van der Waals surface area contributed by atoms with Gasteiger partial charge in [0, 0.05) is 4.47 Å². The number of rotatable bonds is 4. The molecule has 1 atom stereocenters. The molecular formula is C9H9BrNO4S-. The molecule has 0 heterocycles. The number of carboxylic acid groups (broad SMARTS) is 1. The molecule has 0 saturated heterocycles. The summed E-state index contributed by atoms with van der Waals surface area (Å²) in [7, 11) is -3.81. The number of carboxylic acids is 1. The van der Waals surface area contributed by atoms with Crippen molar-refractivity contribution in [3.05, 3.63) is 28.7 Å². The molecule has 0 fully saturated rings. The van der Waals surface area contributed by atoms with E-state index >= 15 is 0 Å². The second kappa shape index (κ2) is 4.94. The van der Waals surface area contributed by atoms with Crippen molar-refractivity contribution in [1.82, 2.24) is 4.72 Å². The van der Waals surface area contributed by atoms with Crippen molar-refractivity contribution in [3.63, 3.8) is 0 Å². The van der Waals surface area contributed by atoms with E-state index < -0.39 is 22.0 Å². The Kier molecular flexibility index (Phi) is 4.06. The van der Waals surface area contributed by atoms with Gasteiger partial charge in [0.25, 0.3) is 0 Å². The summed E-state index contributed by atoms with van der Waals surface area (Å²) in [5.74, 6) is -1.47. The van der Waals surface area contributed by atoms with Crippen molar-refractivity contribution < 1.29 is 18.3 Å². The first-order valence-corrected chi connectivity index (χ1v) is 6.59. The van der Waals surface area contributed by atoms with Crippen LogP contribution < -0.4 is 9.83 Å². The van der Waals surface area contributed by atoms with Gasteiger partial charge in [0.2, 0.25) is 10.0 Å². The molecule has 0 aliphatic heterocycles. The highest BCUT2D eigenvalue weighted by Gasteiger charge is 2.17. The van der Waals surface area contributed by atoms with Crippen molar-refractivity contribution in [3.8, 4) is 0 Å². The third kappa shape index (κ3) is 3.29. The van der Waals surface area contributed by atoms with Gasteiger partial charge >= 0.3 is 0 Å². The maximum absolute atomic E-state index is 11.6. The van der Waals surface area contributed by atoms with Crippen molar-refractivity contribution in [2.75, 3.05) is 0 Å². The molecular weight excluding hydrogens is 298 g/mol. The Morgan fingerprint density at radius 1 is 1.38 bits per heavy atom. The van der Waals surface area contributed by atoms with Crippen molar-refractivity contribution in [2.45, 2.75) is 17.9 Å². The maximum Gasteiger partial charge on any atom is 0.241 e. The SMILES string of the molecule is C[C@H](NS(=O)(=O)c1ccc(Br)cc1)C(=O)[O-]. The van der Waals surface area contributed by atoms with Gasteiger partial charge < -0.3 is 9.90 Å².